The van der Waals surface area contributed by atoms with Gasteiger partial charge in [0.2, 0.25) is 5.91 Å². The maximum Gasteiger partial charge on any atom is 0.251 e. The predicted molar refractivity (Wildman–Crippen MR) is 214 cm³/mol. The van der Waals surface area contributed by atoms with Crippen LogP contribution in [0.2, 0.25) is 0 Å². The van der Waals surface area contributed by atoms with Gasteiger partial charge in [0.25, 0.3) is 5.91 Å². The third kappa shape index (κ3) is 10.3. The molecule has 2 aromatic heterocycles. The van der Waals surface area contributed by atoms with Crippen LogP contribution >= 0.6 is 0 Å². The first kappa shape index (κ1) is 38.1. The molecular weight excluding hydrogens is 675 g/mol. The van der Waals surface area contributed by atoms with Gasteiger partial charge in [0.05, 0.1) is 25.7 Å². The zero-order valence-electron chi connectivity index (χ0n) is 31.2. The van der Waals surface area contributed by atoms with Crippen LogP contribution in [0.5, 0.6) is 0 Å². The first-order chi connectivity index (χ1) is 26.2. The fraction of sp³-hybridized carbons (Fsp3) is 0.267. The number of hydrogen-bond donors (Lipinski definition) is 4. The smallest absolute Gasteiger partial charge is 0.251 e. The second kappa shape index (κ2) is 18.4. The summed E-state index contributed by atoms with van der Waals surface area (Å²) in [5.74, 6) is 0.595. The summed E-state index contributed by atoms with van der Waals surface area (Å²) in [7, 11) is 0. The highest BCUT2D eigenvalue weighted by atomic mass is 16.5. The molecule has 0 saturated heterocycles. The van der Waals surface area contributed by atoms with Crippen LogP contribution in [-0.2, 0) is 35.5 Å². The number of hydrogen-bond acceptors (Lipinski definition) is 6. The molecule has 6 aromatic rings. The van der Waals surface area contributed by atoms with Crippen molar-refractivity contribution in [1.29, 1.82) is 0 Å². The topological polar surface area (TPSA) is 118 Å². The number of nitrogens with zero attached hydrogens (tertiary/aromatic N) is 2. The van der Waals surface area contributed by atoms with Gasteiger partial charge in [0.1, 0.15) is 5.82 Å². The molecule has 0 radical (unpaired) electrons. The number of nitrogens with one attached hydrogen (secondary N) is 3. The fourth-order valence-electron chi connectivity index (χ4n) is 6.64. The molecule has 0 spiro atoms. The second-order valence-corrected chi connectivity index (χ2v) is 13.8. The molecule has 4 aromatic carbocycles. The summed E-state index contributed by atoms with van der Waals surface area (Å²) < 4.78 is 7.92. The van der Waals surface area contributed by atoms with Crippen LogP contribution in [0.1, 0.15) is 62.6 Å². The number of ether oxygens (including phenoxy) is 1. The van der Waals surface area contributed by atoms with Crippen LogP contribution in [0, 0.1) is 13.8 Å². The highest BCUT2D eigenvalue weighted by Gasteiger charge is 2.13. The predicted octanol–water partition coefficient (Wildman–Crippen LogP) is 6.70. The summed E-state index contributed by atoms with van der Waals surface area (Å²) >= 11 is 0. The van der Waals surface area contributed by atoms with E-state index in [0.717, 1.165) is 51.4 Å². The number of fused-ring (bicyclic) bond motifs is 1. The largest absolute Gasteiger partial charge is 0.387 e. The number of carbonyl (C=O) groups excluding carboxylic acids is 2. The van der Waals surface area contributed by atoms with Crippen molar-refractivity contribution >= 4 is 22.6 Å². The molecule has 9 heteroatoms. The van der Waals surface area contributed by atoms with Gasteiger partial charge in [-0.1, -0.05) is 84.9 Å². The monoisotopic (exact) mass is 723 g/mol. The molecule has 2 unspecified atom stereocenters. The summed E-state index contributed by atoms with van der Waals surface area (Å²) in [5, 5.41) is 22.5. The van der Waals surface area contributed by atoms with Gasteiger partial charge in [-0.3, -0.25) is 9.59 Å². The molecule has 0 aliphatic heterocycles. The van der Waals surface area contributed by atoms with Crippen LogP contribution in [0.3, 0.4) is 0 Å². The van der Waals surface area contributed by atoms with Gasteiger partial charge in [-0.25, -0.2) is 4.98 Å². The number of pyridine rings is 1. The number of benzene rings is 4. The molecule has 0 bridgehead atoms. The highest BCUT2D eigenvalue weighted by molar-refractivity contribution is 5.94. The number of aliphatic hydroxyl groups excluding tert-OH is 1. The minimum Gasteiger partial charge on any atom is -0.387 e. The molecule has 2 atom stereocenters. The van der Waals surface area contributed by atoms with Crippen molar-refractivity contribution in [2.24, 2.45) is 0 Å². The SMILES string of the molecule is Cc1ccc(C)n1-c1ccc(C(O)CNC(C)Cc2cccc(CC(=O)NCc3ccc(C(=O)NCCOCc4cccc5ccccc45)cc3)c2)cn1. The second-order valence-electron chi connectivity index (χ2n) is 13.8. The summed E-state index contributed by atoms with van der Waals surface area (Å²) in [6.45, 7) is 8.25. The molecule has 6 rings (SSSR count). The van der Waals surface area contributed by atoms with E-state index in [-0.39, 0.29) is 24.3 Å². The average molecular weight is 724 g/mol. The molecule has 4 N–H and O–H groups in total. The van der Waals surface area contributed by atoms with Crippen molar-refractivity contribution in [3.8, 4) is 5.82 Å². The normalized spacial score (nSPS) is 12.4. The van der Waals surface area contributed by atoms with E-state index in [1.54, 1.807) is 18.3 Å². The van der Waals surface area contributed by atoms with Gasteiger partial charge in [0, 0.05) is 54.4 Å². The van der Waals surface area contributed by atoms with Gasteiger partial charge >= 0.3 is 0 Å². The fourth-order valence-corrected chi connectivity index (χ4v) is 6.64. The minimum absolute atomic E-state index is 0.0755. The lowest BCUT2D eigenvalue weighted by Gasteiger charge is -2.18. The summed E-state index contributed by atoms with van der Waals surface area (Å²) in [4.78, 5) is 30.1. The van der Waals surface area contributed by atoms with Gasteiger partial charge in [-0.15, -0.1) is 0 Å². The Hall–Kier alpha value is -5.61. The van der Waals surface area contributed by atoms with Gasteiger partial charge < -0.3 is 30.4 Å². The molecule has 9 nitrogen and oxygen atoms in total. The Morgan fingerprint density at radius 3 is 2.33 bits per heavy atom. The van der Waals surface area contributed by atoms with E-state index >= 15 is 0 Å². The lowest BCUT2D eigenvalue weighted by molar-refractivity contribution is -0.120. The maximum atomic E-state index is 12.8. The summed E-state index contributed by atoms with van der Waals surface area (Å²) in [6.07, 6.45) is 2.08. The zero-order valence-corrected chi connectivity index (χ0v) is 31.2. The molecule has 0 aliphatic carbocycles. The zero-order chi connectivity index (χ0) is 37.9. The van der Waals surface area contributed by atoms with E-state index in [0.29, 0.717) is 38.4 Å². The number of amides is 2. The van der Waals surface area contributed by atoms with Gasteiger partial charge in [-0.05, 0) is 90.6 Å². The Bertz CT molecular complexity index is 2140. The van der Waals surface area contributed by atoms with Crippen LogP contribution in [0.15, 0.2) is 121 Å². The van der Waals surface area contributed by atoms with Gasteiger partial charge in [0.15, 0.2) is 0 Å². The highest BCUT2D eigenvalue weighted by Crippen LogP contribution is 2.20. The average Bonchev–Trinajstić information content (AvgIpc) is 3.53. The van der Waals surface area contributed by atoms with Crippen LogP contribution in [-0.4, -0.2) is 52.2 Å². The number of aromatic nitrogens is 2. The third-order valence-corrected chi connectivity index (χ3v) is 9.59. The first-order valence-corrected chi connectivity index (χ1v) is 18.5. The Morgan fingerprint density at radius 1 is 0.815 bits per heavy atom. The molecule has 0 fully saturated rings. The molecule has 54 heavy (non-hydrogen) atoms. The lowest BCUT2D eigenvalue weighted by atomic mass is 10.0. The van der Waals surface area contributed by atoms with E-state index < -0.39 is 6.10 Å². The Kier molecular flexibility index (Phi) is 13.0. The standard InChI is InChI=1S/C45H49N5O4/c1-31(47-29-42(51)39-20-21-43(48-28-39)50-32(2)14-15-33(50)3)24-35-8-6-9-36(25-35)26-44(52)49-27-34-16-18-38(19-17-34)45(53)46-22-23-54-30-40-12-7-11-37-10-4-5-13-41(37)40/h4-21,25,28,31,42,47,51H,22-24,26-27,29-30H2,1-3H3,(H,46,53)(H,49,52). The quantitative estimate of drug-likeness (QED) is 0.0779. The van der Waals surface area contributed by atoms with Crippen LogP contribution in [0.4, 0.5) is 0 Å². The molecule has 2 amide bonds. The van der Waals surface area contributed by atoms with Crippen molar-refractivity contribution in [1.82, 2.24) is 25.5 Å². The van der Waals surface area contributed by atoms with Crippen molar-refractivity contribution in [3.63, 3.8) is 0 Å². The maximum absolute atomic E-state index is 12.8. The van der Waals surface area contributed by atoms with Crippen LogP contribution < -0.4 is 16.0 Å². The van der Waals surface area contributed by atoms with E-state index in [1.165, 1.54) is 10.8 Å². The van der Waals surface area contributed by atoms with E-state index in [1.807, 2.05) is 68.4 Å². The summed E-state index contributed by atoms with van der Waals surface area (Å²) in [6, 6.07) is 37.8. The molecule has 0 aliphatic rings. The van der Waals surface area contributed by atoms with Crippen molar-refractivity contribution < 1.29 is 19.4 Å². The Labute approximate surface area is 317 Å². The minimum atomic E-state index is -0.679. The summed E-state index contributed by atoms with van der Waals surface area (Å²) in [5.41, 5.74) is 7.63. The number of aliphatic hydroxyl groups is 1. The number of carbonyl (C=O) groups is 2. The number of aryl methyl sites for hydroxylation is 2. The third-order valence-electron chi connectivity index (χ3n) is 9.59. The Balaban J connectivity index is 0.882. The van der Waals surface area contributed by atoms with E-state index in [2.05, 4.69) is 81.0 Å². The Morgan fingerprint density at radius 2 is 1.56 bits per heavy atom. The van der Waals surface area contributed by atoms with Crippen molar-refractivity contribution in [2.45, 2.75) is 58.9 Å². The van der Waals surface area contributed by atoms with E-state index in [4.69, 9.17) is 4.74 Å². The first-order valence-electron chi connectivity index (χ1n) is 18.5. The van der Waals surface area contributed by atoms with Crippen molar-refractivity contribution in [2.75, 3.05) is 19.7 Å². The van der Waals surface area contributed by atoms with E-state index in [9.17, 15) is 14.7 Å². The van der Waals surface area contributed by atoms with Gasteiger partial charge in [-0.2, -0.15) is 0 Å². The molecule has 0 saturated carbocycles. The number of rotatable bonds is 17. The molecule has 2 heterocycles. The molecular formula is C45H49N5O4. The van der Waals surface area contributed by atoms with Crippen LogP contribution in [0.25, 0.3) is 16.6 Å². The van der Waals surface area contributed by atoms with Crippen molar-refractivity contribution in [3.05, 3.63) is 166 Å². The molecule has 278 valence electrons. The lowest BCUT2D eigenvalue weighted by Crippen LogP contribution is -2.32.